The number of nitrogens with zero attached hydrogens (tertiary/aromatic N) is 1. The van der Waals surface area contributed by atoms with Gasteiger partial charge >= 0.3 is 11.7 Å². The maximum Gasteiger partial charge on any atom is 0.337 e. The van der Waals surface area contributed by atoms with Gasteiger partial charge < -0.3 is 14.8 Å². The molecule has 6 nitrogen and oxygen atoms in total. The molecule has 2 N–H and O–H groups in total. The molecular weight excluding hydrogens is 260 g/mol. The van der Waals surface area contributed by atoms with Crippen LogP contribution in [-0.4, -0.2) is 33.3 Å². The molecule has 1 saturated carbocycles. The lowest BCUT2D eigenvalue weighted by Crippen LogP contribution is -2.37. The number of carboxylic acids is 1. The van der Waals surface area contributed by atoms with E-state index in [4.69, 9.17) is 4.74 Å². The third-order valence-corrected chi connectivity index (χ3v) is 3.81. The lowest BCUT2D eigenvalue weighted by molar-refractivity contribution is -0.0194. The summed E-state index contributed by atoms with van der Waals surface area (Å²) in [6.07, 6.45) is 1.65. The van der Waals surface area contributed by atoms with Gasteiger partial charge in [-0.1, -0.05) is 6.07 Å². The number of para-hydroxylation sites is 1. The lowest BCUT2D eigenvalue weighted by atomic mass is 9.88. The molecular formula is C14H16N2O4. The lowest BCUT2D eigenvalue weighted by Gasteiger charge is -2.35. The molecule has 1 fully saturated rings. The number of carboxylic acid groups (broad SMARTS) is 1. The van der Waals surface area contributed by atoms with Gasteiger partial charge in [0.25, 0.3) is 0 Å². The van der Waals surface area contributed by atoms with Gasteiger partial charge in [0.2, 0.25) is 0 Å². The van der Waals surface area contributed by atoms with Crippen LogP contribution >= 0.6 is 0 Å². The summed E-state index contributed by atoms with van der Waals surface area (Å²) in [6, 6.07) is 4.88. The van der Waals surface area contributed by atoms with E-state index in [-0.39, 0.29) is 23.4 Å². The third kappa shape index (κ3) is 1.92. The summed E-state index contributed by atoms with van der Waals surface area (Å²) in [4.78, 5) is 26.1. The Labute approximate surface area is 115 Å². The fourth-order valence-corrected chi connectivity index (χ4v) is 2.82. The van der Waals surface area contributed by atoms with Gasteiger partial charge in [0, 0.05) is 12.6 Å². The molecule has 0 aliphatic heterocycles. The molecule has 1 aliphatic carbocycles. The van der Waals surface area contributed by atoms with Gasteiger partial charge in [-0.3, -0.25) is 4.57 Å². The van der Waals surface area contributed by atoms with Gasteiger partial charge in [-0.25, -0.2) is 9.59 Å². The molecule has 2 aromatic rings. The number of carbonyl (C=O) groups is 1. The average Bonchev–Trinajstić information content (AvgIpc) is 2.69. The molecule has 0 saturated heterocycles. The number of imidazole rings is 1. The maximum atomic E-state index is 12.1. The maximum absolute atomic E-state index is 12.1. The number of benzene rings is 1. The van der Waals surface area contributed by atoms with Crippen LogP contribution in [0.3, 0.4) is 0 Å². The molecule has 0 bridgehead atoms. The zero-order chi connectivity index (χ0) is 14.3. The Morgan fingerprint density at radius 2 is 2.25 bits per heavy atom. The second-order valence-corrected chi connectivity index (χ2v) is 5.01. The Balaban J connectivity index is 2.05. The van der Waals surface area contributed by atoms with Crippen LogP contribution in [0.2, 0.25) is 0 Å². The average molecular weight is 276 g/mol. The van der Waals surface area contributed by atoms with E-state index in [0.717, 1.165) is 12.8 Å². The highest BCUT2D eigenvalue weighted by molar-refractivity contribution is 6.01. The molecule has 0 radical (unpaired) electrons. The van der Waals surface area contributed by atoms with E-state index in [0.29, 0.717) is 17.6 Å². The number of fused-ring (bicyclic) bond motifs is 1. The summed E-state index contributed by atoms with van der Waals surface area (Å²) in [7, 11) is 0. The number of rotatable bonds is 4. The molecule has 0 spiro atoms. The molecule has 20 heavy (non-hydrogen) atoms. The van der Waals surface area contributed by atoms with Crippen molar-refractivity contribution in [3.05, 3.63) is 34.2 Å². The Hall–Kier alpha value is -2.08. The van der Waals surface area contributed by atoms with Crippen LogP contribution in [0.25, 0.3) is 11.0 Å². The number of hydrogen-bond donors (Lipinski definition) is 2. The van der Waals surface area contributed by atoms with Gasteiger partial charge in [0.1, 0.15) is 0 Å². The largest absolute Gasteiger partial charge is 0.478 e. The first-order chi connectivity index (χ1) is 9.61. The van der Waals surface area contributed by atoms with Crippen LogP contribution in [0.5, 0.6) is 0 Å². The van der Waals surface area contributed by atoms with Crippen molar-refractivity contribution < 1.29 is 14.6 Å². The second-order valence-electron chi connectivity index (χ2n) is 5.01. The number of ether oxygens (including phenoxy) is 1. The summed E-state index contributed by atoms with van der Waals surface area (Å²) >= 11 is 0. The van der Waals surface area contributed by atoms with Gasteiger partial charge in [-0.2, -0.15) is 0 Å². The van der Waals surface area contributed by atoms with Crippen LogP contribution in [-0.2, 0) is 4.74 Å². The molecule has 106 valence electrons. The SMILES string of the molecule is CCOC1CC(n2c(=O)[nH]c3cccc(C(=O)O)c32)C1. The summed E-state index contributed by atoms with van der Waals surface area (Å²) < 4.78 is 7.06. The van der Waals surface area contributed by atoms with Crippen LogP contribution in [0.15, 0.2) is 23.0 Å². The number of aromatic amines is 1. The molecule has 0 atom stereocenters. The predicted molar refractivity (Wildman–Crippen MR) is 73.2 cm³/mol. The Bertz CT molecular complexity index is 710. The summed E-state index contributed by atoms with van der Waals surface area (Å²) in [5, 5.41) is 9.27. The monoisotopic (exact) mass is 276 g/mol. The third-order valence-electron chi connectivity index (χ3n) is 3.81. The highest BCUT2D eigenvalue weighted by Gasteiger charge is 2.33. The highest BCUT2D eigenvalue weighted by atomic mass is 16.5. The first kappa shape index (κ1) is 12.9. The van der Waals surface area contributed by atoms with Crippen molar-refractivity contribution in [2.45, 2.75) is 31.9 Å². The number of aromatic nitrogens is 2. The van der Waals surface area contributed by atoms with E-state index >= 15 is 0 Å². The Morgan fingerprint density at radius 1 is 1.50 bits per heavy atom. The topological polar surface area (TPSA) is 84.3 Å². The van der Waals surface area contributed by atoms with E-state index in [1.165, 1.54) is 6.07 Å². The van der Waals surface area contributed by atoms with Crippen LogP contribution < -0.4 is 5.69 Å². The normalized spacial score (nSPS) is 21.9. The number of H-pyrrole nitrogens is 1. The van der Waals surface area contributed by atoms with Gasteiger partial charge in [0.05, 0.1) is 22.7 Å². The van der Waals surface area contributed by atoms with Crippen LogP contribution in [0, 0.1) is 0 Å². The van der Waals surface area contributed by atoms with E-state index in [2.05, 4.69) is 4.98 Å². The first-order valence-electron chi connectivity index (χ1n) is 6.70. The summed E-state index contributed by atoms with van der Waals surface area (Å²) in [5.41, 5.74) is 0.939. The number of hydrogen-bond acceptors (Lipinski definition) is 3. The fraction of sp³-hybridized carbons (Fsp3) is 0.429. The van der Waals surface area contributed by atoms with Crippen molar-refractivity contribution in [1.29, 1.82) is 0 Å². The first-order valence-corrected chi connectivity index (χ1v) is 6.70. The zero-order valence-corrected chi connectivity index (χ0v) is 11.1. The van der Waals surface area contributed by atoms with Crippen LogP contribution in [0.4, 0.5) is 0 Å². The molecule has 1 aromatic carbocycles. The summed E-state index contributed by atoms with van der Waals surface area (Å²) in [6.45, 7) is 2.59. The zero-order valence-electron chi connectivity index (χ0n) is 11.1. The van der Waals surface area contributed by atoms with E-state index in [1.807, 2.05) is 6.92 Å². The Morgan fingerprint density at radius 3 is 2.90 bits per heavy atom. The van der Waals surface area contributed by atoms with Crippen molar-refractivity contribution in [3.63, 3.8) is 0 Å². The van der Waals surface area contributed by atoms with Crippen molar-refractivity contribution in [1.82, 2.24) is 9.55 Å². The van der Waals surface area contributed by atoms with E-state index in [9.17, 15) is 14.7 Å². The molecule has 1 aromatic heterocycles. The molecule has 3 rings (SSSR count). The Kier molecular flexibility index (Phi) is 3.10. The minimum Gasteiger partial charge on any atom is -0.478 e. The molecule has 0 unspecified atom stereocenters. The predicted octanol–water partition coefficient (Wildman–Crippen LogP) is 1.77. The van der Waals surface area contributed by atoms with E-state index in [1.54, 1.807) is 16.7 Å². The second kappa shape index (κ2) is 4.79. The van der Waals surface area contributed by atoms with E-state index < -0.39 is 5.97 Å². The number of nitrogens with one attached hydrogen (secondary N) is 1. The minimum absolute atomic E-state index is 0.00769. The van der Waals surface area contributed by atoms with Crippen molar-refractivity contribution in [2.24, 2.45) is 0 Å². The van der Waals surface area contributed by atoms with Crippen LogP contribution in [0.1, 0.15) is 36.2 Å². The molecule has 0 amide bonds. The van der Waals surface area contributed by atoms with Crippen molar-refractivity contribution >= 4 is 17.0 Å². The number of aromatic carboxylic acids is 1. The fourth-order valence-electron chi connectivity index (χ4n) is 2.82. The van der Waals surface area contributed by atoms with Gasteiger partial charge in [-0.15, -0.1) is 0 Å². The summed E-state index contributed by atoms with van der Waals surface area (Å²) in [5.74, 6) is -1.02. The van der Waals surface area contributed by atoms with Crippen molar-refractivity contribution in [2.75, 3.05) is 6.61 Å². The quantitative estimate of drug-likeness (QED) is 0.891. The van der Waals surface area contributed by atoms with Crippen molar-refractivity contribution in [3.8, 4) is 0 Å². The molecule has 1 heterocycles. The minimum atomic E-state index is -1.02. The highest BCUT2D eigenvalue weighted by Crippen LogP contribution is 2.35. The van der Waals surface area contributed by atoms with Gasteiger partial charge in [0.15, 0.2) is 0 Å². The standard InChI is InChI=1S/C14H16N2O4/c1-2-20-9-6-8(7-9)16-12-10(13(17)18)4-3-5-11(12)15-14(16)19/h3-5,8-9H,2,6-7H2,1H3,(H,15,19)(H,17,18). The smallest absolute Gasteiger partial charge is 0.337 e. The van der Waals surface area contributed by atoms with Gasteiger partial charge in [-0.05, 0) is 31.9 Å². The molecule has 1 aliphatic rings. The molecule has 6 heteroatoms.